The molecule has 0 heterocycles. The lowest BCUT2D eigenvalue weighted by atomic mass is 10.1. The van der Waals surface area contributed by atoms with Crippen molar-refractivity contribution < 1.29 is 14.5 Å². The minimum Gasteiger partial charge on any atom is -0.325 e. The van der Waals surface area contributed by atoms with Crippen molar-refractivity contribution in [2.75, 3.05) is 5.32 Å². The summed E-state index contributed by atoms with van der Waals surface area (Å²) >= 11 is 0. The van der Waals surface area contributed by atoms with E-state index >= 15 is 0 Å². The number of ketones is 1. The van der Waals surface area contributed by atoms with E-state index in [4.69, 9.17) is 0 Å². The van der Waals surface area contributed by atoms with E-state index in [2.05, 4.69) is 5.32 Å². The fourth-order valence-electron chi connectivity index (χ4n) is 2.10. The summed E-state index contributed by atoms with van der Waals surface area (Å²) in [4.78, 5) is 34.0. The zero-order valence-corrected chi connectivity index (χ0v) is 11.9. The molecular weight excluding hydrogens is 284 g/mol. The van der Waals surface area contributed by atoms with Crippen LogP contribution in [0.15, 0.2) is 48.5 Å². The fraction of sp³-hybridized carbons (Fsp3) is 0.125. The van der Waals surface area contributed by atoms with Gasteiger partial charge in [-0.1, -0.05) is 30.3 Å². The van der Waals surface area contributed by atoms with E-state index < -0.39 is 10.8 Å². The Labute approximate surface area is 126 Å². The highest BCUT2D eigenvalue weighted by Crippen LogP contribution is 2.20. The van der Waals surface area contributed by atoms with E-state index in [9.17, 15) is 19.7 Å². The summed E-state index contributed by atoms with van der Waals surface area (Å²) in [5.41, 5.74) is 1.03. The Kier molecular flexibility index (Phi) is 4.63. The smallest absolute Gasteiger partial charge is 0.273 e. The van der Waals surface area contributed by atoms with Crippen LogP contribution in [0.3, 0.4) is 0 Å². The van der Waals surface area contributed by atoms with Crippen molar-refractivity contribution in [3.05, 3.63) is 69.8 Å². The number of hydrogen-bond acceptors (Lipinski definition) is 4. The Bertz CT molecular complexity index is 679. The van der Waals surface area contributed by atoms with E-state index in [1.807, 2.05) is 0 Å². The second-order valence-corrected chi connectivity index (χ2v) is 4.71. The van der Waals surface area contributed by atoms with E-state index in [0.29, 0.717) is 16.8 Å². The second kappa shape index (κ2) is 6.62. The first-order valence-corrected chi connectivity index (χ1v) is 6.61. The van der Waals surface area contributed by atoms with Crippen LogP contribution in [0.5, 0.6) is 0 Å². The normalized spacial score (nSPS) is 10.0. The molecule has 0 saturated carbocycles. The third kappa shape index (κ3) is 3.54. The topological polar surface area (TPSA) is 89.3 Å². The molecule has 0 saturated heterocycles. The third-order valence-electron chi connectivity index (χ3n) is 3.12. The van der Waals surface area contributed by atoms with Crippen LogP contribution in [0.25, 0.3) is 0 Å². The summed E-state index contributed by atoms with van der Waals surface area (Å²) in [6, 6.07) is 12.7. The van der Waals surface area contributed by atoms with Gasteiger partial charge in [0.2, 0.25) is 5.91 Å². The number of nitrogens with one attached hydrogen (secondary N) is 1. The molecule has 0 radical (unpaired) electrons. The third-order valence-corrected chi connectivity index (χ3v) is 3.12. The molecule has 6 nitrogen and oxygen atoms in total. The lowest BCUT2D eigenvalue weighted by molar-refractivity contribution is -0.385. The minimum atomic E-state index is -0.522. The summed E-state index contributed by atoms with van der Waals surface area (Å²) < 4.78 is 0. The molecule has 0 aliphatic rings. The van der Waals surface area contributed by atoms with Crippen LogP contribution < -0.4 is 5.32 Å². The molecule has 0 spiro atoms. The number of hydrogen-bond donors (Lipinski definition) is 1. The van der Waals surface area contributed by atoms with Gasteiger partial charge >= 0.3 is 0 Å². The van der Waals surface area contributed by atoms with Crippen molar-refractivity contribution in [1.82, 2.24) is 0 Å². The lowest BCUT2D eigenvalue weighted by Gasteiger charge is -2.09. The van der Waals surface area contributed by atoms with Crippen molar-refractivity contribution in [2.24, 2.45) is 0 Å². The van der Waals surface area contributed by atoms with Crippen LogP contribution in [-0.2, 0) is 11.2 Å². The van der Waals surface area contributed by atoms with Crippen LogP contribution in [-0.4, -0.2) is 16.6 Å². The number of nitro groups is 1. The molecule has 2 rings (SSSR count). The lowest BCUT2D eigenvalue weighted by Crippen LogP contribution is -2.17. The highest BCUT2D eigenvalue weighted by molar-refractivity contribution is 6.04. The Morgan fingerprint density at radius 2 is 1.73 bits per heavy atom. The molecule has 112 valence electrons. The van der Waals surface area contributed by atoms with Gasteiger partial charge in [-0.15, -0.1) is 0 Å². The molecule has 2 aromatic rings. The molecule has 0 aliphatic heterocycles. The van der Waals surface area contributed by atoms with Crippen LogP contribution >= 0.6 is 0 Å². The van der Waals surface area contributed by atoms with E-state index in [1.165, 1.54) is 19.1 Å². The summed E-state index contributed by atoms with van der Waals surface area (Å²) in [7, 11) is 0. The molecule has 0 unspecified atom stereocenters. The SMILES string of the molecule is CC(=O)c1ccccc1NC(=O)Cc1ccccc1[N+](=O)[O-]. The van der Waals surface area contributed by atoms with Gasteiger partial charge in [0.15, 0.2) is 5.78 Å². The van der Waals surface area contributed by atoms with E-state index in [1.54, 1.807) is 36.4 Å². The van der Waals surface area contributed by atoms with Crippen molar-refractivity contribution in [3.8, 4) is 0 Å². The van der Waals surface area contributed by atoms with Gasteiger partial charge in [0.25, 0.3) is 5.69 Å². The molecule has 0 fully saturated rings. The monoisotopic (exact) mass is 298 g/mol. The van der Waals surface area contributed by atoms with Gasteiger partial charge in [0.1, 0.15) is 0 Å². The van der Waals surface area contributed by atoms with Gasteiger partial charge in [-0.25, -0.2) is 0 Å². The predicted molar refractivity (Wildman–Crippen MR) is 81.9 cm³/mol. The largest absolute Gasteiger partial charge is 0.325 e. The van der Waals surface area contributed by atoms with Gasteiger partial charge in [-0.3, -0.25) is 19.7 Å². The number of rotatable bonds is 5. The number of amides is 1. The van der Waals surface area contributed by atoms with Gasteiger partial charge in [-0.05, 0) is 19.1 Å². The Balaban J connectivity index is 2.18. The molecule has 2 aromatic carbocycles. The average molecular weight is 298 g/mol. The van der Waals surface area contributed by atoms with Crippen molar-refractivity contribution in [2.45, 2.75) is 13.3 Å². The number of para-hydroxylation sites is 2. The maximum Gasteiger partial charge on any atom is 0.273 e. The van der Waals surface area contributed by atoms with Crippen LogP contribution in [0.1, 0.15) is 22.8 Å². The number of carbonyl (C=O) groups is 2. The number of anilines is 1. The van der Waals surface area contributed by atoms with E-state index in [-0.39, 0.29) is 17.9 Å². The first kappa shape index (κ1) is 15.4. The Hall–Kier alpha value is -3.02. The minimum absolute atomic E-state index is 0.0995. The number of Topliss-reactive ketones (excluding diaryl/α,β-unsaturated/α-hetero) is 1. The Morgan fingerprint density at radius 3 is 2.41 bits per heavy atom. The van der Waals surface area contributed by atoms with E-state index in [0.717, 1.165) is 0 Å². The second-order valence-electron chi connectivity index (χ2n) is 4.71. The number of nitro benzene ring substituents is 1. The molecule has 6 heteroatoms. The standard InChI is InChI=1S/C16H14N2O4/c1-11(19)13-7-3-4-8-14(13)17-16(20)10-12-6-2-5-9-15(12)18(21)22/h2-9H,10H2,1H3,(H,17,20). The maximum atomic E-state index is 12.1. The molecule has 0 bridgehead atoms. The highest BCUT2D eigenvalue weighted by Gasteiger charge is 2.16. The Morgan fingerprint density at radius 1 is 1.09 bits per heavy atom. The first-order valence-electron chi connectivity index (χ1n) is 6.61. The maximum absolute atomic E-state index is 12.1. The number of benzene rings is 2. The molecule has 0 atom stereocenters. The van der Waals surface area contributed by atoms with Gasteiger partial charge in [0, 0.05) is 17.2 Å². The van der Waals surface area contributed by atoms with Gasteiger partial charge < -0.3 is 5.32 Å². The van der Waals surface area contributed by atoms with Gasteiger partial charge in [0.05, 0.1) is 17.0 Å². The molecule has 1 amide bonds. The molecular formula is C16H14N2O4. The molecule has 1 N–H and O–H groups in total. The van der Waals surface area contributed by atoms with Crippen LogP contribution in [0.2, 0.25) is 0 Å². The molecule has 22 heavy (non-hydrogen) atoms. The number of nitrogens with zero attached hydrogens (tertiary/aromatic N) is 1. The van der Waals surface area contributed by atoms with Gasteiger partial charge in [-0.2, -0.15) is 0 Å². The zero-order chi connectivity index (χ0) is 16.1. The van der Waals surface area contributed by atoms with Crippen molar-refractivity contribution in [3.63, 3.8) is 0 Å². The number of carbonyl (C=O) groups excluding carboxylic acids is 2. The van der Waals surface area contributed by atoms with Crippen LogP contribution in [0.4, 0.5) is 11.4 Å². The van der Waals surface area contributed by atoms with Crippen LogP contribution in [0, 0.1) is 10.1 Å². The summed E-state index contributed by atoms with van der Waals surface area (Å²) in [6.07, 6.45) is -0.136. The molecule has 0 aromatic heterocycles. The summed E-state index contributed by atoms with van der Waals surface area (Å²) in [5, 5.41) is 13.6. The van der Waals surface area contributed by atoms with Crippen molar-refractivity contribution >= 4 is 23.1 Å². The highest BCUT2D eigenvalue weighted by atomic mass is 16.6. The predicted octanol–water partition coefficient (Wildman–Crippen LogP) is 2.98. The molecule has 0 aliphatic carbocycles. The summed E-state index contributed by atoms with van der Waals surface area (Å²) in [6.45, 7) is 1.41. The zero-order valence-electron chi connectivity index (χ0n) is 11.9. The fourth-order valence-corrected chi connectivity index (χ4v) is 2.10. The first-order chi connectivity index (χ1) is 10.5. The summed E-state index contributed by atoms with van der Waals surface area (Å²) in [5.74, 6) is -0.579. The van der Waals surface area contributed by atoms with Crippen molar-refractivity contribution in [1.29, 1.82) is 0 Å². The average Bonchev–Trinajstić information content (AvgIpc) is 2.47. The quantitative estimate of drug-likeness (QED) is 0.522.